The molecule has 0 radical (unpaired) electrons. The molecule has 2 amide bonds. The van der Waals surface area contributed by atoms with E-state index >= 15 is 0 Å². The van der Waals surface area contributed by atoms with Crippen molar-refractivity contribution < 1.29 is 9.59 Å². The number of nitrogens with one attached hydrogen (secondary N) is 2. The van der Waals surface area contributed by atoms with E-state index in [2.05, 4.69) is 21.6 Å². The van der Waals surface area contributed by atoms with Crippen molar-refractivity contribution in [1.82, 2.24) is 5.32 Å². The molecule has 3 atom stereocenters. The summed E-state index contributed by atoms with van der Waals surface area (Å²) in [6.45, 7) is 7.91. The first-order chi connectivity index (χ1) is 12.4. The lowest BCUT2D eigenvalue weighted by Gasteiger charge is -2.21. The molecule has 144 valence electrons. The second kappa shape index (κ2) is 9.57. The summed E-state index contributed by atoms with van der Waals surface area (Å²) in [5.74, 6) is -0.200. The minimum atomic E-state index is -0.539. The fourth-order valence-corrected chi connectivity index (χ4v) is 3.15. The van der Waals surface area contributed by atoms with Crippen LogP contribution in [0, 0.1) is 5.92 Å². The summed E-state index contributed by atoms with van der Waals surface area (Å²) in [5.41, 5.74) is 7.86. The van der Waals surface area contributed by atoms with Crippen LogP contribution in [0.2, 0.25) is 0 Å². The van der Waals surface area contributed by atoms with Gasteiger partial charge in [0.25, 0.3) is 0 Å². The van der Waals surface area contributed by atoms with Gasteiger partial charge in [-0.15, -0.1) is 0 Å². The van der Waals surface area contributed by atoms with Crippen molar-refractivity contribution in [1.29, 1.82) is 0 Å². The summed E-state index contributed by atoms with van der Waals surface area (Å²) in [7, 11) is 0. The predicted molar refractivity (Wildman–Crippen MR) is 106 cm³/mol. The van der Waals surface area contributed by atoms with Crippen molar-refractivity contribution in [3.8, 4) is 0 Å². The molecule has 26 heavy (non-hydrogen) atoms. The molecule has 1 aliphatic heterocycles. The molecule has 1 aromatic carbocycles. The first kappa shape index (κ1) is 20.2. The Morgan fingerprint density at radius 3 is 2.58 bits per heavy atom. The number of amides is 2. The molecule has 1 saturated heterocycles. The van der Waals surface area contributed by atoms with E-state index in [9.17, 15) is 9.59 Å². The van der Waals surface area contributed by atoms with Crippen LogP contribution in [0.25, 0.3) is 0 Å². The third kappa shape index (κ3) is 5.73. The molecule has 1 heterocycles. The Kier molecular flexibility index (Phi) is 7.45. The molecule has 2 rings (SSSR count). The number of nitrogens with zero attached hydrogens (tertiary/aromatic N) is 1. The Morgan fingerprint density at radius 1 is 1.23 bits per heavy atom. The summed E-state index contributed by atoms with van der Waals surface area (Å²) < 4.78 is 0. The van der Waals surface area contributed by atoms with Crippen LogP contribution in [-0.2, 0) is 9.59 Å². The normalized spacial score (nSPS) is 17.5. The lowest BCUT2D eigenvalue weighted by molar-refractivity contribution is -0.124. The van der Waals surface area contributed by atoms with Gasteiger partial charge in [-0.05, 0) is 43.9 Å². The number of carbonyl (C=O) groups is 2. The van der Waals surface area contributed by atoms with Crippen LogP contribution in [0.5, 0.6) is 0 Å². The molecule has 0 saturated carbocycles. The standard InChI is InChI=1S/C20H32N4O2/c1-4-14(2)19(21)20(26)22-15(3)12-18(25)23-16-8-7-9-17(13-16)24-10-5-6-11-24/h7-9,13-15,19H,4-6,10-12,21H2,1-3H3,(H,22,26)(H,23,25). The van der Waals surface area contributed by atoms with Crippen molar-refractivity contribution in [2.24, 2.45) is 11.7 Å². The molecule has 4 N–H and O–H groups in total. The van der Waals surface area contributed by atoms with Crippen LogP contribution in [0.1, 0.15) is 46.5 Å². The number of benzene rings is 1. The van der Waals surface area contributed by atoms with E-state index in [-0.39, 0.29) is 30.2 Å². The number of nitrogens with two attached hydrogens (primary N) is 1. The summed E-state index contributed by atoms with van der Waals surface area (Å²) in [4.78, 5) is 26.7. The monoisotopic (exact) mass is 360 g/mol. The maximum absolute atomic E-state index is 12.3. The Morgan fingerprint density at radius 2 is 1.92 bits per heavy atom. The Labute approximate surface area is 156 Å². The first-order valence-corrected chi connectivity index (χ1v) is 9.61. The molecule has 0 spiro atoms. The highest BCUT2D eigenvalue weighted by molar-refractivity contribution is 5.92. The average molecular weight is 361 g/mol. The van der Waals surface area contributed by atoms with Gasteiger partial charge in [0.15, 0.2) is 0 Å². The lowest BCUT2D eigenvalue weighted by atomic mass is 9.99. The maximum Gasteiger partial charge on any atom is 0.237 e. The molecule has 0 bridgehead atoms. The fourth-order valence-electron chi connectivity index (χ4n) is 3.15. The van der Waals surface area contributed by atoms with Gasteiger partial charge in [-0.25, -0.2) is 0 Å². The van der Waals surface area contributed by atoms with Crippen LogP contribution in [0.15, 0.2) is 24.3 Å². The molecule has 0 aliphatic carbocycles. The highest BCUT2D eigenvalue weighted by atomic mass is 16.2. The number of hydrogen-bond donors (Lipinski definition) is 3. The minimum absolute atomic E-state index is 0.115. The van der Waals surface area contributed by atoms with Gasteiger partial charge in [-0.3, -0.25) is 9.59 Å². The lowest BCUT2D eigenvalue weighted by Crippen LogP contribution is -2.48. The van der Waals surface area contributed by atoms with Crippen LogP contribution < -0.4 is 21.3 Å². The summed E-state index contributed by atoms with van der Waals surface area (Å²) >= 11 is 0. The molecular formula is C20H32N4O2. The van der Waals surface area contributed by atoms with E-state index < -0.39 is 6.04 Å². The molecule has 1 fully saturated rings. The van der Waals surface area contributed by atoms with Gasteiger partial charge in [-0.2, -0.15) is 0 Å². The van der Waals surface area contributed by atoms with E-state index in [0.29, 0.717) is 0 Å². The third-order valence-electron chi connectivity index (χ3n) is 5.04. The van der Waals surface area contributed by atoms with Crippen molar-refractivity contribution in [2.75, 3.05) is 23.3 Å². The summed E-state index contributed by atoms with van der Waals surface area (Å²) in [5, 5.41) is 5.76. The summed E-state index contributed by atoms with van der Waals surface area (Å²) in [6.07, 6.45) is 3.49. The smallest absolute Gasteiger partial charge is 0.237 e. The number of hydrogen-bond acceptors (Lipinski definition) is 4. The highest BCUT2D eigenvalue weighted by Gasteiger charge is 2.21. The van der Waals surface area contributed by atoms with Gasteiger partial charge in [0.1, 0.15) is 0 Å². The Bertz CT molecular complexity index is 614. The quantitative estimate of drug-likeness (QED) is 0.665. The largest absolute Gasteiger partial charge is 0.371 e. The summed E-state index contributed by atoms with van der Waals surface area (Å²) in [6, 6.07) is 7.12. The minimum Gasteiger partial charge on any atom is -0.371 e. The van der Waals surface area contributed by atoms with Gasteiger partial charge in [0, 0.05) is 36.9 Å². The molecule has 1 aliphatic rings. The first-order valence-electron chi connectivity index (χ1n) is 9.61. The van der Waals surface area contributed by atoms with E-state index in [0.717, 1.165) is 30.9 Å². The van der Waals surface area contributed by atoms with Crippen LogP contribution in [0.4, 0.5) is 11.4 Å². The van der Waals surface area contributed by atoms with Gasteiger partial charge < -0.3 is 21.3 Å². The van der Waals surface area contributed by atoms with Crippen molar-refractivity contribution in [2.45, 2.75) is 58.5 Å². The number of carbonyl (C=O) groups excluding carboxylic acids is 2. The van der Waals surface area contributed by atoms with E-state index in [1.54, 1.807) is 0 Å². The molecular weight excluding hydrogens is 328 g/mol. The van der Waals surface area contributed by atoms with Crippen molar-refractivity contribution >= 4 is 23.2 Å². The molecule has 1 aromatic rings. The van der Waals surface area contributed by atoms with Crippen LogP contribution >= 0.6 is 0 Å². The van der Waals surface area contributed by atoms with E-state index in [4.69, 9.17) is 5.73 Å². The SMILES string of the molecule is CCC(C)C(N)C(=O)NC(C)CC(=O)Nc1cccc(N2CCCC2)c1. The van der Waals surface area contributed by atoms with Crippen LogP contribution in [-0.4, -0.2) is 37.0 Å². The Balaban J connectivity index is 1.84. The zero-order valence-corrected chi connectivity index (χ0v) is 16.1. The highest BCUT2D eigenvalue weighted by Crippen LogP contribution is 2.23. The zero-order valence-electron chi connectivity index (χ0n) is 16.1. The van der Waals surface area contributed by atoms with Gasteiger partial charge in [0.2, 0.25) is 11.8 Å². The Hall–Kier alpha value is -2.08. The topological polar surface area (TPSA) is 87.5 Å². The van der Waals surface area contributed by atoms with E-state index in [1.165, 1.54) is 12.8 Å². The number of anilines is 2. The molecule has 6 nitrogen and oxygen atoms in total. The fraction of sp³-hybridized carbons (Fsp3) is 0.600. The van der Waals surface area contributed by atoms with Crippen molar-refractivity contribution in [3.05, 3.63) is 24.3 Å². The van der Waals surface area contributed by atoms with Crippen LogP contribution in [0.3, 0.4) is 0 Å². The second-order valence-electron chi connectivity index (χ2n) is 7.32. The zero-order chi connectivity index (χ0) is 19.1. The average Bonchev–Trinajstić information content (AvgIpc) is 3.14. The predicted octanol–water partition coefficient (Wildman–Crippen LogP) is 2.49. The van der Waals surface area contributed by atoms with Gasteiger partial charge >= 0.3 is 0 Å². The molecule has 3 unspecified atom stereocenters. The van der Waals surface area contributed by atoms with Gasteiger partial charge in [0.05, 0.1) is 6.04 Å². The molecule has 0 aromatic heterocycles. The van der Waals surface area contributed by atoms with E-state index in [1.807, 2.05) is 39.0 Å². The maximum atomic E-state index is 12.3. The molecule has 6 heteroatoms. The second-order valence-corrected chi connectivity index (χ2v) is 7.32. The van der Waals surface area contributed by atoms with Gasteiger partial charge in [-0.1, -0.05) is 26.3 Å². The van der Waals surface area contributed by atoms with Crippen molar-refractivity contribution in [3.63, 3.8) is 0 Å². The third-order valence-corrected chi connectivity index (χ3v) is 5.04. The number of rotatable bonds is 8.